The van der Waals surface area contributed by atoms with Gasteiger partial charge in [-0.2, -0.15) is 5.26 Å². The van der Waals surface area contributed by atoms with Gasteiger partial charge < -0.3 is 5.11 Å². The first-order valence-corrected chi connectivity index (χ1v) is 8.78. The topological polar surface area (TPSA) is 69.8 Å². The van der Waals surface area contributed by atoms with Crippen LogP contribution >= 0.6 is 0 Å². The van der Waals surface area contributed by atoms with Crippen LogP contribution in [0, 0.1) is 23.2 Å². The van der Waals surface area contributed by atoms with Crippen molar-refractivity contribution >= 4 is 0 Å². The minimum atomic E-state index is -0.239. The molecule has 0 spiro atoms. The van der Waals surface area contributed by atoms with Crippen molar-refractivity contribution in [1.29, 1.82) is 5.26 Å². The van der Waals surface area contributed by atoms with Crippen LogP contribution in [0.3, 0.4) is 0 Å². The molecule has 25 heavy (non-hydrogen) atoms. The average Bonchev–Trinajstić information content (AvgIpc) is 2.65. The normalized spacial score (nSPS) is 28.0. The summed E-state index contributed by atoms with van der Waals surface area (Å²) in [6.45, 7) is 4.22. The van der Waals surface area contributed by atoms with E-state index < -0.39 is 0 Å². The van der Waals surface area contributed by atoms with Gasteiger partial charge >= 0.3 is 0 Å². The molecule has 0 unspecified atom stereocenters. The molecule has 3 atom stereocenters. The standard InChI is InChI=1S/C21H21N3O/c1-13-17-9-8-15-12-23-20(14-6-4-3-5-7-14)24-19(15)21(17,2)10-16(11-22)18(13)25/h3-7,12-13,17,25H,8-10H2,1-2H3/t13-,17-,21-/m0/s1. The number of benzene rings is 1. The molecule has 1 heterocycles. The summed E-state index contributed by atoms with van der Waals surface area (Å²) in [6.07, 6.45) is 4.40. The van der Waals surface area contributed by atoms with Crippen LogP contribution in [0.2, 0.25) is 0 Å². The second kappa shape index (κ2) is 5.70. The Kier molecular flexibility index (Phi) is 3.61. The number of hydrogen-bond acceptors (Lipinski definition) is 4. The molecular formula is C21H21N3O. The van der Waals surface area contributed by atoms with Crippen molar-refractivity contribution in [3.05, 3.63) is 59.1 Å². The molecule has 1 aromatic carbocycles. The van der Waals surface area contributed by atoms with Crippen LogP contribution in [0.1, 0.15) is 37.9 Å². The smallest absolute Gasteiger partial charge is 0.159 e. The second-order valence-electron chi connectivity index (χ2n) is 7.44. The van der Waals surface area contributed by atoms with E-state index in [-0.39, 0.29) is 23.0 Å². The van der Waals surface area contributed by atoms with Gasteiger partial charge in [0.15, 0.2) is 5.82 Å². The maximum absolute atomic E-state index is 10.4. The van der Waals surface area contributed by atoms with Crippen LogP contribution in [0.5, 0.6) is 0 Å². The number of hydrogen-bond donors (Lipinski definition) is 1. The lowest BCUT2D eigenvalue weighted by atomic mass is 9.57. The fourth-order valence-electron chi connectivity index (χ4n) is 4.65. The fourth-order valence-corrected chi connectivity index (χ4v) is 4.65. The first kappa shape index (κ1) is 15.8. The summed E-state index contributed by atoms with van der Waals surface area (Å²) >= 11 is 0. The summed E-state index contributed by atoms with van der Waals surface area (Å²) < 4.78 is 0. The fraction of sp³-hybridized carbons (Fsp3) is 0.381. The first-order chi connectivity index (χ1) is 12.0. The molecule has 0 aliphatic heterocycles. The third-order valence-corrected chi connectivity index (χ3v) is 6.00. The summed E-state index contributed by atoms with van der Waals surface area (Å²) in [4.78, 5) is 9.51. The number of nitrogens with zero attached hydrogens (tertiary/aromatic N) is 3. The molecule has 2 aliphatic carbocycles. The number of aromatic nitrogens is 2. The van der Waals surface area contributed by atoms with E-state index in [9.17, 15) is 10.4 Å². The Morgan fingerprint density at radius 2 is 2.04 bits per heavy atom. The number of rotatable bonds is 1. The SMILES string of the molecule is C[C@@H]1C(O)=C(C#N)C[C@]2(C)c3nc(-c4ccccc4)ncc3CC[C@@H]12. The molecule has 0 saturated carbocycles. The highest BCUT2D eigenvalue weighted by molar-refractivity contribution is 5.55. The van der Waals surface area contributed by atoms with Gasteiger partial charge in [0.1, 0.15) is 5.76 Å². The summed E-state index contributed by atoms with van der Waals surface area (Å²) in [5, 5.41) is 19.9. The number of aliphatic hydroxyl groups is 1. The van der Waals surface area contributed by atoms with Gasteiger partial charge in [-0.25, -0.2) is 9.97 Å². The van der Waals surface area contributed by atoms with Crippen molar-refractivity contribution in [2.75, 3.05) is 0 Å². The lowest BCUT2D eigenvalue weighted by Gasteiger charge is -2.47. The van der Waals surface area contributed by atoms with Crippen LogP contribution in [0.4, 0.5) is 0 Å². The molecular weight excluding hydrogens is 310 g/mol. The van der Waals surface area contributed by atoms with Crippen LogP contribution in [-0.2, 0) is 11.8 Å². The molecule has 0 fully saturated rings. The van der Waals surface area contributed by atoms with E-state index in [1.165, 1.54) is 5.56 Å². The van der Waals surface area contributed by atoms with Gasteiger partial charge in [0.05, 0.1) is 17.3 Å². The van der Waals surface area contributed by atoms with Crippen molar-refractivity contribution in [2.45, 2.75) is 38.5 Å². The van der Waals surface area contributed by atoms with Crippen molar-refractivity contribution in [3.8, 4) is 17.5 Å². The summed E-state index contributed by atoms with van der Waals surface area (Å²) in [7, 11) is 0. The molecule has 0 saturated heterocycles. The van der Waals surface area contributed by atoms with E-state index in [4.69, 9.17) is 4.98 Å². The van der Waals surface area contributed by atoms with Crippen LogP contribution < -0.4 is 0 Å². The Morgan fingerprint density at radius 1 is 1.28 bits per heavy atom. The Labute approximate surface area is 147 Å². The van der Waals surface area contributed by atoms with Gasteiger partial charge in [0.2, 0.25) is 0 Å². The van der Waals surface area contributed by atoms with E-state index in [0.717, 1.165) is 29.9 Å². The van der Waals surface area contributed by atoms with Crippen molar-refractivity contribution < 1.29 is 5.11 Å². The Morgan fingerprint density at radius 3 is 2.76 bits per heavy atom. The highest BCUT2D eigenvalue weighted by Gasteiger charge is 2.49. The Hall–Kier alpha value is -2.67. The molecule has 4 nitrogen and oxygen atoms in total. The van der Waals surface area contributed by atoms with Gasteiger partial charge in [-0.1, -0.05) is 44.2 Å². The largest absolute Gasteiger partial charge is 0.511 e. The maximum atomic E-state index is 10.4. The predicted octanol–water partition coefficient (Wildman–Crippen LogP) is 4.34. The van der Waals surface area contributed by atoms with Crippen molar-refractivity contribution in [1.82, 2.24) is 9.97 Å². The van der Waals surface area contributed by atoms with Crippen LogP contribution in [0.15, 0.2) is 47.9 Å². The summed E-state index contributed by atoms with van der Waals surface area (Å²) in [5.41, 5.74) is 3.48. The van der Waals surface area contributed by atoms with Gasteiger partial charge in [-0.05, 0) is 30.7 Å². The molecule has 2 aliphatic rings. The second-order valence-corrected chi connectivity index (χ2v) is 7.44. The first-order valence-electron chi connectivity index (χ1n) is 8.78. The lowest BCUT2D eigenvalue weighted by Crippen LogP contribution is -2.45. The highest BCUT2D eigenvalue weighted by atomic mass is 16.3. The van der Waals surface area contributed by atoms with Crippen LogP contribution in [0.25, 0.3) is 11.4 Å². The molecule has 0 amide bonds. The predicted molar refractivity (Wildman–Crippen MR) is 95.7 cm³/mol. The van der Waals surface area contributed by atoms with Crippen molar-refractivity contribution in [3.63, 3.8) is 0 Å². The number of aliphatic hydroxyl groups excluding tert-OH is 1. The molecule has 0 radical (unpaired) electrons. The van der Waals surface area contributed by atoms with Gasteiger partial charge in [-0.3, -0.25) is 0 Å². The number of allylic oxidation sites excluding steroid dienone is 2. The average molecular weight is 331 g/mol. The zero-order chi connectivity index (χ0) is 17.6. The van der Waals surface area contributed by atoms with Crippen LogP contribution in [-0.4, -0.2) is 15.1 Å². The zero-order valence-electron chi connectivity index (χ0n) is 14.5. The summed E-state index contributed by atoms with van der Waals surface area (Å²) in [5.74, 6) is 1.27. The Balaban J connectivity index is 1.86. The van der Waals surface area contributed by atoms with Crippen molar-refractivity contribution in [2.24, 2.45) is 11.8 Å². The molecule has 0 bridgehead atoms. The molecule has 1 aromatic heterocycles. The minimum Gasteiger partial charge on any atom is -0.511 e. The van der Waals surface area contributed by atoms with Gasteiger partial charge in [0.25, 0.3) is 0 Å². The number of aryl methyl sites for hydroxylation is 1. The lowest BCUT2D eigenvalue weighted by molar-refractivity contribution is 0.135. The maximum Gasteiger partial charge on any atom is 0.159 e. The summed E-state index contributed by atoms with van der Waals surface area (Å²) in [6, 6.07) is 12.2. The molecule has 4 rings (SSSR count). The number of nitriles is 1. The van der Waals surface area contributed by atoms with E-state index in [2.05, 4.69) is 18.0 Å². The van der Waals surface area contributed by atoms with E-state index in [1.54, 1.807) is 0 Å². The molecule has 4 heteroatoms. The van der Waals surface area contributed by atoms with Gasteiger partial charge in [-0.15, -0.1) is 0 Å². The molecule has 2 aromatic rings. The molecule has 126 valence electrons. The quantitative estimate of drug-likeness (QED) is 0.844. The molecule has 1 N–H and O–H groups in total. The third-order valence-electron chi connectivity index (χ3n) is 6.00. The van der Waals surface area contributed by atoms with E-state index in [1.807, 2.05) is 43.5 Å². The highest BCUT2D eigenvalue weighted by Crippen LogP contribution is 2.52. The monoisotopic (exact) mass is 331 g/mol. The Bertz CT molecular complexity index is 897. The van der Waals surface area contributed by atoms with Gasteiger partial charge in [0, 0.05) is 23.1 Å². The minimum absolute atomic E-state index is 0.0170. The van der Waals surface area contributed by atoms with E-state index in [0.29, 0.717) is 12.0 Å². The number of fused-ring (bicyclic) bond motifs is 3. The zero-order valence-corrected chi connectivity index (χ0v) is 14.5. The third kappa shape index (κ3) is 2.34. The van der Waals surface area contributed by atoms with E-state index >= 15 is 0 Å².